The molecule has 0 unspecified atom stereocenters. The monoisotopic (exact) mass is 656 g/mol. The summed E-state index contributed by atoms with van der Waals surface area (Å²) >= 11 is 2.98. The van der Waals surface area contributed by atoms with E-state index in [9.17, 15) is 27.2 Å². The lowest BCUT2D eigenvalue weighted by Crippen LogP contribution is -2.40. The fourth-order valence-corrected chi connectivity index (χ4v) is 7.21. The number of benzene rings is 1. The highest BCUT2D eigenvalue weighted by molar-refractivity contribution is 8.00. The zero-order valence-corrected chi connectivity index (χ0v) is 25.9. The molecule has 0 saturated heterocycles. The van der Waals surface area contributed by atoms with Gasteiger partial charge in [0.2, 0.25) is 0 Å². The van der Waals surface area contributed by atoms with E-state index < -0.39 is 23.4 Å². The number of hydrogen-bond donors (Lipinski definition) is 2. The standard InChI is InChI=1S/C26H31FN6O2S2.C2HF3O2/c1-16(2)9-12-32-21-22(30-24(32)37-26(15-28)10-5-4-6-11-26)31(3)25(35)33(23(21)34)14-20-29-18-13-17(27)7-8-19(18)36-20;3-2(4,5)1(6)7/h7-9,13H,4-6,10-12,14-15,28H2,1-3H3;(H,6,7). The Balaban J connectivity index is 0.000000566. The lowest BCUT2D eigenvalue weighted by atomic mass is 9.88. The van der Waals surface area contributed by atoms with Gasteiger partial charge in [-0.05, 0) is 38.8 Å². The molecule has 1 aliphatic carbocycles. The summed E-state index contributed by atoms with van der Waals surface area (Å²) in [4.78, 5) is 45.4. The topological polar surface area (TPSA) is 138 Å². The van der Waals surface area contributed by atoms with Gasteiger partial charge < -0.3 is 15.4 Å². The predicted octanol–water partition coefficient (Wildman–Crippen LogP) is 5.05. The third-order valence-electron chi connectivity index (χ3n) is 7.25. The first-order chi connectivity index (χ1) is 20.7. The van der Waals surface area contributed by atoms with Crippen molar-refractivity contribution in [1.82, 2.24) is 23.7 Å². The second-order valence-corrected chi connectivity index (χ2v) is 13.3. The van der Waals surface area contributed by atoms with E-state index in [2.05, 4.69) is 11.1 Å². The van der Waals surface area contributed by atoms with Gasteiger partial charge in [0.25, 0.3) is 5.56 Å². The van der Waals surface area contributed by atoms with Crippen LogP contribution in [0.5, 0.6) is 0 Å². The van der Waals surface area contributed by atoms with Crippen LogP contribution in [-0.2, 0) is 24.9 Å². The number of thiazole rings is 1. The van der Waals surface area contributed by atoms with Gasteiger partial charge >= 0.3 is 17.8 Å². The van der Waals surface area contributed by atoms with Crippen molar-refractivity contribution >= 4 is 50.4 Å². The molecule has 1 saturated carbocycles. The van der Waals surface area contributed by atoms with E-state index in [0.29, 0.717) is 39.9 Å². The summed E-state index contributed by atoms with van der Waals surface area (Å²) in [6, 6.07) is 4.39. The molecule has 3 aromatic heterocycles. The Hall–Kier alpha value is -3.50. The van der Waals surface area contributed by atoms with Crippen molar-refractivity contribution in [3.8, 4) is 0 Å². The molecule has 1 aliphatic rings. The molecular formula is C28H32F4N6O4S2. The molecule has 0 bridgehead atoms. The normalized spacial score (nSPS) is 14.8. The van der Waals surface area contributed by atoms with E-state index in [1.807, 2.05) is 18.4 Å². The highest BCUT2D eigenvalue weighted by Crippen LogP contribution is 2.43. The van der Waals surface area contributed by atoms with Crippen LogP contribution in [0, 0.1) is 5.82 Å². The van der Waals surface area contributed by atoms with Gasteiger partial charge in [-0.1, -0.05) is 42.7 Å². The van der Waals surface area contributed by atoms with Gasteiger partial charge in [0.15, 0.2) is 16.3 Å². The summed E-state index contributed by atoms with van der Waals surface area (Å²) in [5, 5.41) is 8.40. The van der Waals surface area contributed by atoms with Crippen molar-refractivity contribution in [2.24, 2.45) is 12.8 Å². The molecule has 4 aromatic rings. The number of carboxylic acid groups (broad SMARTS) is 1. The van der Waals surface area contributed by atoms with E-state index in [1.165, 1.54) is 39.0 Å². The number of fused-ring (bicyclic) bond motifs is 2. The first-order valence-electron chi connectivity index (χ1n) is 13.7. The molecule has 10 nitrogen and oxygen atoms in total. The lowest BCUT2D eigenvalue weighted by molar-refractivity contribution is -0.192. The lowest BCUT2D eigenvalue weighted by Gasteiger charge is -2.35. The SMILES string of the molecule is CC(C)=CCn1c(SC2(CN)CCCCC2)nc2c1c(=O)n(Cc1nc3cc(F)ccc3s1)c(=O)n2C.O=C(O)C(F)(F)F. The fourth-order valence-electron chi connectivity index (χ4n) is 4.90. The quantitative estimate of drug-likeness (QED) is 0.208. The number of halogens is 4. The Kier molecular flexibility index (Phi) is 10.0. The van der Waals surface area contributed by atoms with Crippen LogP contribution in [-0.4, -0.2) is 52.2 Å². The van der Waals surface area contributed by atoms with Crippen LogP contribution in [0.2, 0.25) is 0 Å². The third-order valence-corrected chi connectivity index (χ3v) is 9.78. The van der Waals surface area contributed by atoms with Crippen LogP contribution in [0.4, 0.5) is 17.6 Å². The van der Waals surface area contributed by atoms with Gasteiger partial charge in [-0.25, -0.2) is 23.9 Å². The first kappa shape index (κ1) is 33.4. The van der Waals surface area contributed by atoms with Gasteiger partial charge in [-0.15, -0.1) is 11.3 Å². The largest absolute Gasteiger partial charge is 0.490 e. The first-order valence-corrected chi connectivity index (χ1v) is 15.4. The number of hydrogen-bond acceptors (Lipinski definition) is 8. The molecule has 3 heterocycles. The summed E-state index contributed by atoms with van der Waals surface area (Å²) in [7, 11) is 1.64. The Morgan fingerprint density at radius 2 is 1.82 bits per heavy atom. The minimum absolute atomic E-state index is 0.00541. The van der Waals surface area contributed by atoms with Crippen molar-refractivity contribution in [3.63, 3.8) is 0 Å². The minimum Gasteiger partial charge on any atom is -0.475 e. The smallest absolute Gasteiger partial charge is 0.475 e. The fraction of sp³-hybridized carbons (Fsp3) is 0.464. The number of carbonyl (C=O) groups is 1. The zero-order chi connectivity index (χ0) is 32.4. The number of aryl methyl sites for hydroxylation is 1. The van der Waals surface area contributed by atoms with Crippen LogP contribution in [0.3, 0.4) is 0 Å². The maximum atomic E-state index is 13.8. The van der Waals surface area contributed by atoms with Gasteiger partial charge in [-0.2, -0.15) is 13.2 Å². The molecule has 3 N–H and O–H groups in total. The van der Waals surface area contributed by atoms with Crippen molar-refractivity contribution in [1.29, 1.82) is 0 Å². The summed E-state index contributed by atoms with van der Waals surface area (Å²) < 4.78 is 50.6. The number of thioether (sulfide) groups is 1. The number of alkyl halides is 3. The zero-order valence-electron chi connectivity index (χ0n) is 24.3. The molecule has 0 amide bonds. The van der Waals surface area contributed by atoms with Crippen molar-refractivity contribution in [2.75, 3.05) is 6.54 Å². The van der Waals surface area contributed by atoms with Crippen LogP contribution in [0.1, 0.15) is 51.0 Å². The number of carboxylic acids is 1. The molecule has 1 aromatic carbocycles. The average Bonchev–Trinajstić information content (AvgIpc) is 3.53. The van der Waals surface area contributed by atoms with E-state index in [-0.39, 0.29) is 17.1 Å². The molecular weight excluding hydrogens is 624 g/mol. The van der Waals surface area contributed by atoms with Crippen molar-refractivity contribution in [2.45, 2.75) is 75.1 Å². The number of nitrogens with zero attached hydrogens (tertiary/aromatic N) is 5. The number of aromatic nitrogens is 5. The number of imidazole rings is 1. The molecule has 238 valence electrons. The van der Waals surface area contributed by atoms with E-state index in [0.717, 1.165) is 36.0 Å². The Bertz CT molecular complexity index is 1830. The van der Waals surface area contributed by atoms with Crippen LogP contribution in [0.15, 0.2) is 44.6 Å². The molecule has 1 fully saturated rings. The number of aliphatic carboxylic acids is 1. The Labute approximate surface area is 257 Å². The minimum atomic E-state index is -5.08. The Morgan fingerprint density at radius 1 is 1.16 bits per heavy atom. The number of rotatable bonds is 7. The number of allylic oxidation sites excluding steroid dienone is 2. The molecule has 0 radical (unpaired) electrons. The van der Waals surface area contributed by atoms with Gasteiger partial charge in [-0.3, -0.25) is 13.9 Å². The van der Waals surface area contributed by atoms with E-state index >= 15 is 0 Å². The van der Waals surface area contributed by atoms with Crippen molar-refractivity contribution in [3.05, 3.63) is 61.5 Å². The second kappa shape index (κ2) is 13.2. The molecule has 0 aliphatic heterocycles. The molecule has 0 atom stereocenters. The Morgan fingerprint density at radius 3 is 2.41 bits per heavy atom. The molecule has 0 spiro atoms. The second-order valence-electron chi connectivity index (χ2n) is 10.8. The maximum Gasteiger partial charge on any atom is 0.490 e. The van der Waals surface area contributed by atoms with Crippen LogP contribution in [0.25, 0.3) is 21.4 Å². The molecule has 5 rings (SSSR count). The average molecular weight is 657 g/mol. The maximum absolute atomic E-state index is 13.8. The highest BCUT2D eigenvalue weighted by Gasteiger charge is 2.38. The predicted molar refractivity (Wildman–Crippen MR) is 162 cm³/mol. The van der Waals surface area contributed by atoms with Gasteiger partial charge in [0.05, 0.1) is 16.8 Å². The van der Waals surface area contributed by atoms with Crippen LogP contribution < -0.4 is 17.0 Å². The summed E-state index contributed by atoms with van der Waals surface area (Å²) in [5.41, 5.74) is 7.79. The summed E-state index contributed by atoms with van der Waals surface area (Å²) in [5.74, 6) is -3.13. The van der Waals surface area contributed by atoms with Gasteiger partial charge in [0.1, 0.15) is 10.8 Å². The molecule has 16 heteroatoms. The third kappa shape index (κ3) is 7.24. The van der Waals surface area contributed by atoms with E-state index in [4.69, 9.17) is 20.6 Å². The highest BCUT2D eigenvalue weighted by atomic mass is 32.2. The molecule has 44 heavy (non-hydrogen) atoms. The number of nitrogens with two attached hydrogens (primary N) is 1. The van der Waals surface area contributed by atoms with Crippen LogP contribution >= 0.6 is 23.1 Å². The van der Waals surface area contributed by atoms with E-state index in [1.54, 1.807) is 24.9 Å². The van der Waals surface area contributed by atoms with Crippen molar-refractivity contribution < 1.29 is 27.5 Å². The summed E-state index contributed by atoms with van der Waals surface area (Å²) in [6.07, 6.45) is 2.42. The van der Waals surface area contributed by atoms with Gasteiger partial charge in [0, 0.05) is 31.0 Å². The summed E-state index contributed by atoms with van der Waals surface area (Å²) in [6.45, 7) is 5.03.